The van der Waals surface area contributed by atoms with Gasteiger partial charge in [-0.25, -0.2) is 4.79 Å². The second-order valence-corrected chi connectivity index (χ2v) is 6.29. The van der Waals surface area contributed by atoms with Crippen molar-refractivity contribution in [3.05, 3.63) is 56.4 Å². The Kier molecular flexibility index (Phi) is 6.29. The molecule has 1 aromatic carbocycles. The summed E-state index contributed by atoms with van der Waals surface area (Å²) in [4.78, 5) is 48.4. The smallest absolute Gasteiger partial charge is 0.416 e. The van der Waals surface area contributed by atoms with Crippen LogP contribution >= 0.6 is 0 Å². The van der Waals surface area contributed by atoms with Gasteiger partial charge in [-0.05, 0) is 38.5 Å². The number of ketones is 1. The Morgan fingerprint density at radius 3 is 2.37 bits per heavy atom. The molecule has 1 heterocycles. The number of rotatable bonds is 6. The first kappa shape index (κ1) is 22.6. The number of carbonyl (C=O) groups is 3. The van der Waals surface area contributed by atoms with Gasteiger partial charge in [0.2, 0.25) is 0 Å². The third-order valence-electron chi connectivity index (χ3n) is 4.12. The summed E-state index contributed by atoms with van der Waals surface area (Å²) in [7, 11) is 0. The van der Waals surface area contributed by atoms with Gasteiger partial charge in [-0.2, -0.15) is 13.2 Å². The molecule has 0 atom stereocenters. The molecule has 0 aliphatic carbocycles. The van der Waals surface area contributed by atoms with Gasteiger partial charge >= 0.3 is 12.1 Å². The van der Waals surface area contributed by atoms with Crippen LogP contribution in [0.2, 0.25) is 0 Å². The summed E-state index contributed by atoms with van der Waals surface area (Å²) in [5.74, 6) is -2.22. The maximum absolute atomic E-state index is 12.7. The molecule has 9 nitrogen and oxygen atoms in total. The molecule has 0 saturated carbocycles. The fourth-order valence-electron chi connectivity index (χ4n) is 2.84. The van der Waals surface area contributed by atoms with Crippen LogP contribution in [0.3, 0.4) is 0 Å². The Hall–Kier alpha value is -3.70. The number of aryl methyl sites for hydroxylation is 1. The molecule has 0 aliphatic heterocycles. The monoisotopic (exact) mass is 427 g/mol. The third kappa shape index (κ3) is 4.82. The number of Topliss-reactive ketones (excluding diaryl/α,β-unsaturated/α-hetero) is 1. The van der Waals surface area contributed by atoms with Gasteiger partial charge in [-0.1, -0.05) is 0 Å². The minimum Gasteiger partial charge on any atom is -0.451 e. The summed E-state index contributed by atoms with van der Waals surface area (Å²) >= 11 is 0. The Balaban J connectivity index is 2.12. The molecule has 30 heavy (non-hydrogen) atoms. The van der Waals surface area contributed by atoms with Crippen LogP contribution in [0, 0.1) is 24.0 Å². The summed E-state index contributed by atoms with van der Waals surface area (Å²) in [6.07, 6.45) is -4.80. The number of hydrogen-bond donors (Lipinski definition) is 2. The van der Waals surface area contributed by atoms with Crippen LogP contribution in [0.25, 0.3) is 0 Å². The van der Waals surface area contributed by atoms with E-state index in [4.69, 9.17) is 4.74 Å². The van der Waals surface area contributed by atoms with Gasteiger partial charge in [-0.3, -0.25) is 19.7 Å². The number of amides is 1. The maximum Gasteiger partial charge on any atom is 0.416 e. The predicted octanol–water partition coefficient (Wildman–Crippen LogP) is 3.56. The molecule has 0 fully saturated rings. The number of halogens is 3. The van der Waals surface area contributed by atoms with Gasteiger partial charge in [0.05, 0.1) is 10.5 Å². The number of hydrogen-bond acceptors (Lipinski definition) is 6. The summed E-state index contributed by atoms with van der Waals surface area (Å²) in [6, 6.07) is 1.59. The van der Waals surface area contributed by atoms with Crippen molar-refractivity contribution in [1.29, 1.82) is 0 Å². The Morgan fingerprint density at radius 2 is 1.87 bits per heavy atom. The Labute approximate surface area is 167 Å². The molecule has 0 unspecified atom stereocenters. The second-order valence-electron chi connectivity index (χ2n) is 6.29. The highest BCUT2D eigenvalue weighted by molar-refractivity contribution is 6.02. The number of nitrogens with zero attached hydrogens (tertiary/aromatic N) is 1. The number of nitro groups is 1. The standard InChI is InChI=1S/C18H16F3N3O6/c1-8-15(10(3)25)9(2)22-16(8)17(27)30-7-14(26)23-12-5-4-11(18(19,20)21)6-13(12)24(28)29/h4-6,22H,7H2,1-3H3,(H,23,26). The average Bonchev–Trinajstić information content (AvgIpc) is 2.93. The number of aromatic nitrogens is 1. The lowest BCUT2D eigenvalue weighted by atomic mass is 10.1. The van der Waals surface area contributed by atoms with Crippen molar-refractivity contribution in [1.82, 2.24) is 4.98 Å². The minimum absolute atomic E-state index is 0.0361. The normalized spacial score (nSPS) is 11.1. The van der Waals surface area contributed by atoms with E-state index in [1.165, 1.54) is 13.8 Å². The molecule has 0 aliphatic rings. The summed E-state index contributed by atoms with van der Waals surface area (Å²) < 4.78 is 43.0. The molecule has 1 amide bonds. The molecule has 2 aromatic rings. The fraction of sp³-hybridized carbons (Fsp3) is 0.278. The van der Waals surface area contributed by atoms with E-state index in [1.807, 2.05) is 5.32 Å². The first-order chi connectivity index (χ1) is 13.8. The van der Waals surface area contributed by atoms with Crippen molar-refractivity contribution < 1.29 is 37.2 Å². The molecule has 12 heteroatoms. The zero-order valence-corrected chi connectivity index (χ0v) is 16.0. The molecular formula is C18H16F3N3O6. The van der Waals surface area contributed by atoms with E-state index in [2.05, 4.69) is 4.98 Å². The van der Waals surface area contributed by atoms with E-state index < -0.39 is 46.5 Å². The van der Waals surface area contributed by atoms with E-state index in [1.54, 1.807) is 6.92 Å². The van der Waals surface area contributed by atoms with E-state index >= 15 is 0 Å². The van der Waals surface area contributed by atoms with Crippen molar-refractivity contribution in [3.8, 4) is 0 Å². The number of anilines is 1. The fourth-order valence-corrected chi connectivity index (χ4v) is 2.84. The van der Waals surface area contributed by atoms with Crippen LogP contribution in [-0.4, -0.2) is 34.2 Å². The van der Waals surface area contributed by atoms with Crippen molar-refractivity contribution in [2.45, 2.75) is 26.9 Å². The van der Waals surface area contributed by atoms with E-state index in [0.29, 0.717) is 22.9 Å². The molecule has 0 saturated heterocycles. The first-order valence-corrected chi connectivity index (χ1v) is 8.35. The lowest BCUT2D eigenvalue weighted by molar-refractivity contribution is -0.384. The van der Waals surface area contributed by atoms with E-state index in [9.17, 15) is 37.7 Å². The lowest BCUT2D eigenvalue weighted by Crippen LogP contribution is -2.22. The third-order valence-corrected chi connectivity index (χ3v) is 4.12. The van der Waals surface area contributed by atoms with Crippen molar-refractivity contribution >= 4 is 29.0 Å². The molecule has 1 aromatic heterocycles. The summed E-state index contributed by atoms with van der Waals surface area (Å²) in [5.41, 5.74) is -1.65. The topological polar surface area (TPSA) is 131 Å². The molecule has 0 bridgehead atoms. The van der Waals surface area contributed by atoms with Gasteiger partial charge < -0.3 is 15.0 Å². The molecule has 2 rings (SSSR count). The molecular weight excluding hydrogens is 411 g/mol. The zero-order valence-electron chi connectivity index (χ0n) is 16.0. The maximum atomic E-state index is 12.7. The van der Waals surface area contributed by atoms with Crippen LogP contribution in [0.5, 0.6) is 0 Å². The highest BCUT2D eigenvalue weighted by Gasteiger charge is 2.33. The number of nitro benzene ring substituents is 1. The number of aromatic amines is 1. The SMILES string of the molecule is CC(=O)c1c(C)[nH]c(C(=O)OCC(=O)Nc2ccc(C(F)(F)F)cc2[N+](=O)[O-])c1C. The minimum atomic E-state index is -4.80. The Morgan fingerprint density at radius 1 is 1.23 bits per heavy atom. The highest BCUT2D eigenvalue weighted by atomic mass is 19.4. The predicted molar refractivity (Wildman–Crippen MR) is 97.3 cm³/mol. The van der Waals surface area contributed by atoms with Gasteiger partial charge in [0.25, 0.3) is 11.6 Å². The highest BCUT2D eigenvalue weighted by Crippen LogP contribution is 2.34. The van der Waals surface area contributed by atoms with Crippen LogP contribution in [0.4, 0.5) is 24.5 Å². The number of esters is 1. The number of alkyl halides is 3. The van der Waals surface area contributed by atoms with Crippen LogP contribution in [0.1, 0.15) is 44.6 Å². The van der Waals surface area contributed by atoms with Gasteiger partial charge in [-0.15, -0.1) is 0 Å². The number of ether oxygens (including phenoxy) is 1. The largest absolute Gasteiger partial charge is 0.451 e. The molecule has 160 valence electrons. The number of nitrogens with one attached hydrogen (secondary N) is 2. The van der Waals surface area contributed by atoms with Crippen LogP contribution in [0.15, 0.2) is 18.2 Å². The molecule has 0 radical (unpaired) electrons. The second kappa shape index (κ2) is 8.35. The van der Waals surface area contributed by atoms with Crippen molar-refractivity contribution in [3.63, 3.8) is 0 Å². The van der Waals surface area contributed by atoms with E-state index in [-0.39, 0.29) is 17.5 Å². The quantitative estimate of drug-likeness (QED) is 0.314. The number of H-pyrrole nitrogens is 1. The van der Waals surface area contributed by atoms with Crippen LogP contribution < -0.4 is 5.32 Å². The van der Waals surface area contributed by atoms with Crippen molar-refractivity contribution in [2.24, 2.45) is 0 Å². The average molecular weight is 427 g/mol. The van der Waals surface area contributed by atoms with E-state index in [0.717, 1.165) is 6.07 Å². The Bertz CT molecular complexity index is 1040. The lowest BCUT2D eigenvalue weighted by Gasteiger charge is -2.10. The molecule has 0 spiro atoms. The molecule has 2 N–H and O–H groups in total. The van der Waals surface area contributed by atoms with Crippen LogP contribution in [-0.2, 0) is 15.7 Å². The zero-order chi connectivity index (χ0) is 22.8. The summed E-state index contributed by atoms with van der Waals surface area (Å²) in [5, 5.41) is 13.1. The first-order valence-electron chi connectivity index (χ1n) is 8.35. The van der Waals surface area contributed by atoms with Crippen molar-refractivity contribution in [2.75, 3.05) is 11.9 Å². The van der Waals surface area contributed by atoms with Gasteiger partial charge in [0, 0.05) is 17.3 Å². The number of benzene rings is 1. The van der Waals surface area contributed by atoms with Gasteiger partial charge in [0.1, 0.15) is 11.4 Å². The summed E-state index contributed by atoms with van der Waals surface area (Å²) in [6.45, 7) is 3.56. The number of carbonyl (C=O) groups excluding carboxylic acids is 3. The van der Waals surface area contributed by atoms with Gasteiger partial charge in [0.15, 0.2) is 12.4 Å².